The first-order chi connectivity index (χ1) is 12.0. The van der Waals surface area contributed by atoms with E-state index in [2.05, 4.69) is 15.8 Å². The SMILES string of the molecule is Cc1cc(NC(=O)C(=O)NC[C@@H](O)c2ccc(-c3cccs3)s2)no1. The monoisotopic (exact) mass is 377 g/mol. The molecule has 0 bridgehead atoms. The smallest absolute Gasteiger partial charge is 0.314 e. The largest absolute Gasteiger partial charge is 0.386 e. The van der Waals surface area contributed by atoms with E-state index in [0.717, 1.165) is 14.6 Å². The Hall–Kier alpha value is -2.49. The number of amides is 2. The normalized spacial score (nSPS) is 11.9. The maximum atomic E-state index is 11.8. The molecule has 3 heterocycles. The molecule has 25 heavy (non-hydrogen) atoms. The Bertz CT molecular complexity index is 870. The van der Waals surface area contributed by atoms with Crippen LogP contribution in [0.15, 0.2) is 40.2 Å². The van der Waals surface area contributed by atoms with E-state index in [0.29, 0.717) is 5.76 Å². The first kappa shape index (κ1) is 17.3. The van der Waals surface area contributed by atoms with Crippen molar-refractivity contribution in [2.24, 2.45) is 0 Å². The van der Waals surface area contributed by atoms with E-state index >= 15 is 0 Å². The molecular formula is C16H15N3O4S2. The van der Waals surface area contributed by atoms with Crippen molar-refractivity contribution in [3.63, 3.8) is 0 Å². The lowest BCUT2D eigenvalue weighted by Gasteiger charge is -2.09. The molecule has 0 saturated carbocycles. The number of anilines is 1. The van der Waals surface area contributed by atoms with E-state index in [4.69, 9.17) is 4.52 Å². The number of nitrogens with zero attached hydrogens (tertiary/aromatic N) is 1. The Morgan fingerprint density at radius 3 is 2.80 bits per heavy atom. The van der Waals surface area contributed by atoms with Gasteiger partial charge in [0.1, 0.15) is 11.9 Å². The Morgan fingerprint density at radius 2 is 2.12 bits per heavy atom. The lowest BCUT2D eigenvalue weighted by atomic mass is 10.3. The minimum Gasteiger partial charge on any atom is -0.386 e. The van der Waals surface area contributed by atoms with E-state index in [-0.39, 0.29) is 12.4 Å². The van der Waals surface area contributed by atoms with Crippen LogP contribution in [0.2, 0.25) is 0 Å². The van der Waals surface area contributed by atoms with Crippen LogP contribution in [0.1, 0.15) is 16.7 Å². The van der Waals surface area contributed by atoms with Gasteiger partial charge in [-0.25, -0.2) is 0 Å². The predicted octanol–water partition coefficient (Wildman–Crippen LogP) is 2.56. The van der Waals surface area contributed by atoms with E-state index in [9.17, 15) is 14.7 Å². The lowest BCUT2D eigenvalue weighted by Crippen LogP contribution is -2.37. The van der Waals surface area contributed by atoms with Gasteiger partial charge in [-0.15, -0.1) is 22.7 Å². The predicted molar refractivity (Wildman–Crippen MR) is 95.5 cm³/mol. The zero-order chi connectivity index (χ0) is 17.8. The molecule has 3 rings (SSSR count). The highest BCUT2D eigenvalue weighted by Crippen LogP contribution is 2.33. The third-order valence-corrected chi connectivity index (χ3v) is 5.50. The highest BCUT2D eigenvalue weighted by atomic mass is 32.1. The second kappa shape index (κ2) is 7.60. The number of rotatable bonds is 5. The maximum Gasteiger partial charge on any atom is 0.314 e. The minimum atomic E-state index is -0.884. The molecule has 0 spiro atoms. The number of aryl methyl sites for hydroxylation is 1. The van der Waals surface area contributed by atoms with Gasteiger partial charge < -0.3 is 14.9 Å². The van der Waals surface area contributed by atoms with Crippen molar-refractivity contribution in [2.45, 2.75) is 13.0 Å². The first-order valence-electron chi connectivity index (χ1n) is 7.37. The number of hydrogen-bond acceptors (Lipinski definition) is 7. The van der Waals surface area contributed by atoms with Crippen molar-refractivity contribution < 1.29 is 19.2 Å². The molecule has 3 aromatic heterocycles. The number of aromatic nitrogens is 1. The van der Waals surface area contributed by atoms with Gasteiger partial charge in [0.05, 0.1) is 0 Å². The van der Waals surface area contributed by atoms with Crippen LogP contribution < -0.4 is 10.6 Å². The van der Waals surface area contributed by atoms with Crippen LogP contribution in [-0.4, -0.2) is 28.6 Å². The maximum absolute atomic E-state index is 11.8. The molecular weight excluding hydrogens is 362 g/mol. The van der Waals surface area contributed by atoms with Gasteiger partial charge in [-0.3, -0.25) is 14.9 Å². The highest BCUT2D eigenvalue weighted by Gasteiger charge is 2.18. The molecule has 0 fully saturated rings. The summed E-state index contributed by atoms with van der Waals surface area (Å²) in [4.78, 5) is 26.4. The van der Waals surface area contributed by atoms with Gasteiger partial charge in [0.15, 0.2) is 5.82 Å². The number of carbonyl (C=O) groups excluding carboxylic acids is 2. The van der Waals surface area contributed by atoms with Crippen molar-refractivity contribution in [3.05, 3.63) is 46.3 Å². The summed E-state index contributed by atoms with van der Waals surface area (Å²) in [6, 6.07) is 9.21. The summed E-state index contributed by atoms with van der Waals surface area (Å²) in [6.07, 6.45) is -0.884. The van der Waals surface area contributed by atoms with Crippen LogP contribution in [0.4, 0.5) is 5.82 Å². The van der Waals surface area contributed by atoms with E-state index in [1.165, 1.54) is 17.4 Å². The second-order valence-corrected chi connectivity index (χ2v) is 7.25. The molecule has 0 aromatic carbocycles. The quantitative estimate of drug-likeness (QED) is 0.593. The zero-order valence-corrected chi connectivity index (χ0v) is 14.8. The third-order valence-electron chi connectivity index (χ3n) is 3.25. The number of carbonyl (C=O) groups is 2. The molecule has 2 amide bonds. The average Bonchev–Trinajstić information content (AvgIpc) is 3.33. The molecule has 9 heteroatoms. The summed E-state index contributed by atoms with van der Waals surface area (Å²) in [5.41, 5.74) is 0. The van der Waals surface area contributed by atoms with Gasteiger partial charge in [-0.2, -0.15) is 0 Å². The molecule has 3 N–H and O–H groups in total. The fourth-order valence-electron chi connectivity index (χ4n) is 2.05. The molecule has 0 aliphatic carbocycles. The standard InChI is InChI=1S/C16H15N3O4S2/c1-9-7-14(19-23-9)18-16(22)15(21)17-8-10(20)11-4-5-13(25-11)12-3-2-6-24-12/h2-7,10,20H,8H2,1H3,(H,17,21)(H,18,19,22)/t10-/m1/s1. The van der Waals surface area contributed by atoms with Crippen molar-refractivity contribution in [1.82, 2.24) is 10.5 Å². The van der Waals surface area contributed by atoms with Gasteiger partial charge in [0.25, 0.3) is 0 Å². The molecule has 0 unspecified atom stereocenters. The van der Waals surface area contributed by atoms with Gasteiger partial charge >= 0.3 is 11.8 Å². The van der Waals surface area contributed by atoms with Crippen molar-refractivity contribution >= 4 is 40.3 Å². The molecule has 130 valence electrons. The van der Waals surface area contributed by atoms with Crippen LogP contribution in [0.25, 0.3) is 9.75 Å². The molecule has 0 radical (unpaired) electrons. The van der Waals surface area contributed by atoms with E-state index in [1.807, 2.05) is 29.6 Å². The van der Waals surface area contributed by atoms with Gasteiger partial charge in [0, 0.05) is 27.2 Å². The Balaban J connectivity index is 1.52. The molecule has 7 nitrogen and oxygen atoms in total. The number of aliphatic hydroxyl groups excluding tert-OH is 1. The van der Waals surface area contributed by atoms with E-state index < -0.39 is 17.9 Å². The van der Waals surface area contributed by atoms with Crippen LogP contribution in [-0.2, 0) is 9.59 Å². The zero-order valence-electron chi connectivity index (χ0n) is 13.2. The number of hydrogen-bond donors (Lipinski definition) is 3. The van der Waals surface area contributed by atoms with Crippen LogP contribution >= 0.6 is 22.7 Å². The summed E-state index contributed by atoms with van der Waals surface area (Å²) in [5.74, 6) is -1.04. The van der Waals surface area contributed by atoms with Crippen LogP contribution in [0, 0.1) is 6.92 Å². The lowest BCUT2D eigenvalue weighted by molar-refractivity contribution is -0.136. The summed E-state index contributed by atoms with van der Waals surface area (Å²) < 4.78 is 4.80. The molecule has 1 atom stereocenters. The third kappa shape index (κ3) is 4.32. The molecule has 3 aromatic rings. The minimum absolute atomic E-state index is 0.0610. The second-order valence-electron chi connectivity index (χ2n) is 5.18. The van der Waals surface area contributed by atoms with Gasteiger partial charge in [-0.05, 0) is 30.5 Å². The number of nitrogens with one attached hydrogen (secondary N) is 2. The molecule has 0 aliphatic heterocycles. The summed E-state index contributed by atoms with van der Waals surface area (Å²) >= 11 is 3.07. The van der Waals surface area contributed by atoms with Crippen molar-refractivity contribution in [1.29, 1.82) is 0 Å². The Labute approximate surface area is 151 Å². The topological polar surface area (TPSA) is 104 Å². The molecule has 0 aliphatic rings. The van der Waals surface area contributed by atoms with Gasteiger partial charge in [0.2, 0.25) is 0 Å². The summed E-state index contributed by atoms with van der Waals surface area (Å²) in [5, 5.41) is 20.5. The summed E-state index contributed by atoms with van der Waals surface area (Å²) in [7, 11) is 0. The van der Waals surface area contributed by atoms with Gasteiger partial charge in [-0.1, -0.05) is 11.2 Å². The number of aliphatic hydroxyl groups is 1. The Kier molecular flexibility index (Phi) is 5.27. The molecule has 0 saturated heterocycles. The van der Waals surface area contributed by atoms with Crippen LogP contribution in [0.3, 0.4) is 0 Å². The highest BCUT2D eigenvalue weighted by molar-refractivity contribution is 7.21. The van der Waals surface area contributed by atoms with E-state index in [1.54, 1.807) is 18.3 Å². The first-order valence-corrected chi connectivity index (χ1v) is 9.06. The fraction of sp³-hybridized carbons (Fsp3) is 0.188. The Morgan fingerprint density at radius 1 is 1.28 bits per heavy atom. The fourth-order valence-corrected chi connectivity index (χ4v) is 3.88. The number of thiophene rings is 2. The average molecular weight is 377 g/mol. The van der Waals surface area contributed by atoms with Crippen molar-refractivity contribution in [3.8, 4) is 9.75 Å². The van der Waals surface area contributed by atoms with Crippen molar-refractivity contribution in [2.75, 3.05) is 11.9 Å². The van der Waals surface area contributed by atoms with Crippen LogP contribution in [0.5, 0.6) is 0 Å². The summed E-state index contributed by atoms with van der Waals surface area (Å²) in [6.45, 7) is 1.61.